The first-order valence-electron chi connectivity index (χ1n) is 14.1. The van der Waals surface area contributed by atoms with Crippen LogP contribution in [0.1, 0.15) is 23.2 Å². The van der Waals surface area contributed by atoms with E-state index in [2.05, 4.69) is 20.6 Å². The van der Waals surface area contributed by atoms with Crippen molar-refractivity contribution in [1.82, 2.24) is 15.0 Å². The molecule has 15 heteroatoms. The third-order valence-electron chi connectivity index (χ3n) is 7.42. The van der Waals surface area contributed by atoms with E-state index in [1.807, 2.05) is 28.8 Å². The number of piperidine rings is 2. The number of halogens is 1. The summed E-state index contributed by atoms with van der Waals surface area (Å²) in [5.41, 5.74) is 26.8. The van der Waals surface area contributed by atoms with Gasteiger partial charge in [-0.25, -0.2) is 0 Å². The summed E-state index contributed by atoms with van der Waals surface area (Å²) in [5, 5.41) is 16.6. The molecule has 2 saturated heterocycles. The number of phenolic OH excluding ortho intramolecular Hbond substituents is 1. The summed E-state index contributed by atoms with van der Waals surface area (Å²) in [6.45, 7) is 2.24. The third kappa shape index (κ3) is 7.35. The molecule has 3 heterocycles. The van der Waals surface area contributed by atoms with E-state index in [1.54, 1.807) is 30.3 Å². The van der Waals surface area contributed by atoms with Gasteiger partial charge in [0.2, 0.25) is 17.8 Å². The Morgan fingerprint density at radius 3 is 1.93 bits per heavy atom. The molecule has 0 radical (unpaired) electrons. The second-order valence-corrected chi connectivity index (χ2v) is 11.9. The number of nitrogens with two attached hydrogens (primary N) is 4. The highest BCUT2D eigenvalue weighted by Crippen LogP contribution is 2.30. The Balaban J connectivity index is 1.38. The number of nitrogens with one attached hydrogen (secondary N) is 2. The van der Waals surface area contributed by atoms with Crippen molar-refractivity contribution in [3.8, 4) is 5.75 Å². The monoisotopic (exact) mass is 610 g/mol. The van der Waals surface area contributed by atoms with Crippen LogP contribution in [0.5, 0.6) is 5.75 Å². The number of nitrogens with zero attached hydrogens (tertiary/aromatic N) is 6. The first kappa shape index (κ1) is 30.5. The second kappa shape index (κ2) is 12.7. The molecule has 43 heavy (non-hydrogen) atoms. The number of amides is 1. The van der Waals surface area contributed by atoms with Crippen molar-refractivity contribution in [3.05, 3.63) is 47.0 Å². The molecule has 4 atom stereocenters. The minimum Gasteiger partial charge on any atom is -0.507 e. The molecule has 14 nitrogen and oxygen atoms in total. The molecule has 1 amide bonds. The van der Waals surface area contributed by atoms with Crippen LogP contribution in [0.2, 0.25) is 5.02 Å². The topological polar surface area (TPSA) is 214 Å². The number of aromatic nitrogens is 3. The molecule has 2 aliphatic rings. The number of hydrogen-bond donors (Lipinski definition) is 7. The smallest absolute Gasteiger partial charge is 0.259 e. The molecule has 0 unspecified atom stereocenters. The first-order valence-corrected chi connectivity index (χ1v) is 14.5. The fraction of sp³-hybridized carbons (Fsp3) is 0.429. The van der Waals surface area contributed by atoms with E-state index in [9.17, 15) is 9.90 Å². The van der Waals surface area contributed by atoms with Gasteiger partial charge in [0.25, 0.3) is 5.91 Å². The molecule has 2 aliphatic heterocycles. The molecule has 2 aromatic carbocycles. The third-order valence-corrected chi connectivity index (χ3v) is 7.74. The molecule has 0 spiro atoms. The first-order chi connectivity index (χ1) is 20.4. The Morgan fingerprint density at radius 2 is 1.44 bits per heavy atom. The number of phenols is 1. The van der Waals surface area contributed by atoms with Gasteiger partial charge in [0.05, 0.1) is 16.3 Å². The van der Waals surface area contributed by atoms with Crippen molar-refractivity contribution in [2.24, 2.45) is 22.9 Å². The van der Waals surface area contributed by atoms with Crippen molar-refractivity contribution >= 4 is 52.4 Å². The molecular formula is C28H39ClN12O2. The van der Waals surface area contributed by atoms with E-state index in [-0.39, 0.29) is 40.5 Å². The molecule has 5 rings (SSSR count). The SMILES string of the molecule is CN(C)c1ccc(C(=O)Nc2ccc(Nc3nc(N4C[C@H](N)C[C@H](N)C4)nc(N4C[C@H](N)C[C@H](N)C4)n3)cc2Cl)c(O)c1. The maximum Gasteiger partial charge on any atom is 0.259 e. The molecule has 0 saturated carbocycles. The van der Waals surface area contributed by atoms with Crippen LogP contribution >= 0.6 is 11.6 Å². The van der Waals surface area contributed by atoms with Gasteiger partial charge in [0, 0.05) is 81.9 Å². The second-order valence-electron chi connectivity index (χ2n) is 11.5. The van der Waals surface area contributed by atoms with E-state index >= 15 is 0 Å². The average molecular weight is 611 g/mol. The standard InChI is InChI=1S/C28H39ClN12O2/c1-39(2)20-4-5-21(24(42)10-20)25(43)35-23-6-3-19(9-22(23)29)34-26-36-27(40-11-15(30)7-16(31)12-40)38-28(37-26)41-13-17(32)8-18(33)14-41/h3-6,9-10,15-18,42H,7-8,11-14,30-33H2,1-2H3,(H,35,43)(H,34,36,37,38)/t15-,16+,17-,18+. The Bertz CT molecular complexity index is 1410. The van der Waals surface area contributed by atoms with E-state index in [0.717, 1.165) is 18.5 Å². The van der Waals surface area contributed by atoms with Crippen molar-refractivity contribution < 1.29 is 9.90 Å². The number of carbonyl (C=O) groups is 1. The molecular weight excluding hydrogens is 572 g/mol. The Kier molecular flexibility index (Phi) is 9.03. The highest BCUT2D eigenvalue weighted by atomic mass is 35.5. The van der Waals surface area contributed by atoms with Gasteiger partial charge >= 0.3 is 0 Å². The summed E-state index contributed by atoms with van der Waals surface area (Å²) in [6, 6.07) is 9.45. The fourth-order valence-corrected chi connectivity index (χ4v) is 5.61. The molecule has 3 aromatic rings. The number of hydrogen-bond acceptors (Lipinski definition) is 13. The largest absolute Gasteiger partial charge is 0.507 e. The van der Waals surface area contributed by atoms with E-state index in [1.165, 1.54) is 6.07 Å². The van der Waals surface area contributed by atoms with Crippen LogP contribution in [0, 0.1) is 0 Å². The predicted molar refractivity (Wildman–Crippen MR) is 171 cm³/mol. The van der Waals surface area contributed by atoms with Gasteiger partial charge < -0.3 is 53.4 Å². The van der Waals surface area contributed by atoms with Crippen LogP contribution in [0.3, 0.4) is 0 Å². The van der Waals surface area contributed by atoms with E-state index < -0.39 is 5.91 Å². The van der Waals surface area contributed by atoms with Crippen molar-refractivity contribution in [3.63, 3.8) is 0 Å². The Hall–Kier alpha value is -3.95. The summed E-state index contributed by atoms with van der Waals surface area (Å²) in [7, 11) is 3.69. The highest BCUT2D eigenvalue weighted by molar-refractivity contribution is 6.34. The summed E-state index contributed by atoms with van der Waals surface area (Å²) < 4.78 is 0. The van der Waals surface area contributed by atoms with Crippen molar-refractivity contribution in [1.29, 1.82) is 0 Å². The normalized spacial score (nSPS) is 22.3. The molecule has 1 aromatic heterocycles. The van der Waals surface area contributed by atoms with E-state index in [0.29, 0.717) is 55.4 Å². The zero-order chi connectivity index (χ0) is 30.8. The molecule has 2 fully saturated rings. The quantitative estimate of drug-likeness (QED) is 0.199. The maximum absolute atomic E-state index is 12.9. The molecule has 11 N–H and O–H groups in total. The lowest BCUT2D eigenvalue weighted by atomic mass is 10.0. The zero-order valence-corrected chi connectivity index (χ0v) is 25.0. The van der Waals surface area contributed by atoms with Gasteiger partial charge in [-0.2, -0.15) is 15.0 Å². The molecule has 230 valence electrons. The number of anilines is 6. The number of aromatic hydroxyl groups is 1. The predicted octanol–water partition coefficient (Wildman–Crippen LogP) is 1.02. The minimum atomic E-state index is -0.493. The van der Waals surface area contributed by atoms with Crippen LogP contribution in [-0.2, 0) is 0 Å². The zero-order valence-electron chi connectivity index (χ0n) is 24.2. The average Bonchev–Trinajstić information content (AvgIpc) is 2.93. The molecule has 0 aliphatic carbocycles. The fourth-order valence-electron chi connectivity index (χ4n) is 5.38. The van der Waals surface area contributed by atoms with Gasteiger partial charge in [-0.15, -0.1) is 0 Å². The Labute approximate surface area is 255 Å². The van der Waals surface area contributed by atoms with Crippen LogP contribution in [-0.4, -0.2) is 90.4 Å². The van der Waals surface area contributed by atoms with Crippen LogP contribution in [0.15, 0.2) is 36.4 Å². The lowest BCUT2D eigenvalue weighted by Crippen LogP contribution is -2.54. The number of benzene rings is 2. The van der Waals surface area contributed by atoms with Crippen LogP contribution in [0.4, 0.5) is 34.9 Å². The van der Waals surface area contributed by atoms with Crippen LogP contribution in [0.25, 0.3) is 0 Å². The summed E-state index contributed by atoms with van der Waals surface area (Å²) in [5.74, 6) is 0.555. The summed E-state index contributed by atoms with van der Waals surface area (Å²) in [4.78, 5) is 32.7. The van der Waals surface area contributed by atoms with Gasteiger partial charge in [-0.3, -0.25) is 4.79 Å². The van der Waals surface area contributed by atoms with Crippen molar-refractivity contribution in [2.75, 3.05) is 65.6 Å². The molecule has 0 bridgehead atoms. The lowest BCUT2D eigenvalue weighted by Gasteiger charge is -2.37. The number of rotatable bonds is 7. The van der Waals surface area contributed by atoms with Crippen LogP contribution < -0.4 is 48.3 Å². The number of carbonyl (C=O) groups excluding carboxylic acids is 1. The minimum absolute atomic E-state index is 0.105. The van der Waals surface area contributed by atoms with Gasteiger partial charge in [-0.05, 0) is 43.2 Å². The maximum atomic E-state index is 12.9. The van der Waals surface area contributed by atoms with Crippen molar-refractivity contribution in [2.45, 2.75) is 37.0 Å². The van der Waals surface area contributed by atoms with Gasteiger partial charge in [0.1, 0.15) is 5.75 Å². The summed E-state index contributed by atoms with van der Waals surface area (Å²) >= 11 is 6.55. The highest BCUT2D eigenvalue weighted by Gasteiger charge is 2.29. The van der Waals surface area contributed by atoms with Gasteiger partial charge in [0.15, 0.2) is 0 Å². The van der Waals surface area contributed by atoms with Gasteiger partial charge in [-0.1, -0.05) is 11.6 Å². The lowest BCUT2D eigenvalue weighted by molar-refractivity contribution is 0.102. The van der Waals surface area contributed by atoms with E-state index in [4.69, 9.17) is 39.5 Å². The Morgan fingerprint density at radius 1 is 0.884 bits per heavy atom. The summed E-state index contributed by atoms with van der Waals surface area (Å²) in [6.07, 6.45) is 1.44.